The Balaban J connectivity index is 2.73. The molecule has 0 saturated carbocycles. The van der Waals surface area contributed by atoms with E-state index >= 15 is 0 Å². The van der Waals surface area contributed by atoms with Crippen molar-refractivity contribution in [1.82, 2.24) is 9.97 Å². The Hall–Kier alpha value is -1.51. The van der Waals surface area contributed by atoms with E-state index in [1.165, 1.54) is 12.1 Å². The molecule has 0 bridgehead atoms. The third kappa shape index (κ3) is 2.14. The first-order valence-electron chi connectivity index (χ1n) is 4.47. The Labute approximate surface area is 109 Å². The van der Waals surface area contributed by atoms with Gasteiger partial charge in [-0.2, -0.15) is 4.98 Å². The van der Waals surface area contributed by atoms with Crippen LogP contribution in [-0.2, 0) is 0 Å². The van der Waals surface area contributed by atoms with Crippen LogP contribution in [0.3, 0.4) is 0 Å². The van der Waals surface area contributed by atoms with E-state index in [-0.39, 0.29) is 26.7 Å². The van der Waals surface area contributed by atoms with Crippen LogP contribution in [0.15, 0.2) is 18.2 Å². The van der Waals surface area contributed by atoms with Crippen molar-refractivity contribution in [3.63, 3.8) is 0 Å². The lowest BCUT2D eigenvalue weighted by Gasteiger charge is -2.07. The van der Waals surface area contributed by atoms with Crippen LogP contribution >= 0.6 is 22.6 Å². The van der Waals surface area contributed by atoms with Gasteiger partial charge in [-0.15, -0.1) is 0 Å². The molecule has 7 heteroatoms. The zero-order valence-corrected chi connectivity index (χ0v) is 10.4. The summed E-state index contributed by atoms with van der Waals surface area (Å²) in [5, 5.41) is 9.45. The monoisotopic (exact) mass is 349 g/mol. The minimum atomic E-state index is -1.04. The number of benzene rings is 1. The smallest absolute Gasteiger partial charge is 0.230 e. The number of halogens is 3. The first kappa shape index (κ1) is 12.0. The molecule has 88 valence electrons. The highest BCUT2D eigenvalue weighted by molar-refractivity contribution is 14.1. The number of rotatable bonds is 1. The fraction of sp³-hybridized carbons (Fsp3) is 0. The molecule has 0 saturated heterocycles. The van der Waals surface area contributed by atoms with Gasteiger partial charge in [0.1, 0.15) is 3.57 Å². The van der Waals surface area contributed by atoms with E-state index in [0.29, 0.717) is 0 Å². The van der Waals surface area contributed by atoms with Crippen molar-refractivity contribution in [1.29, 1.82) is 0 Å². The van der Waals surface area contributed by atoms with Crippen LogP contribution in [0.25, 0.3) is 11.3 Å². The summed E-state index contributed by atoms with van der Waals surface area (Å²) in [6, 6.07) is 3.69. The molecule has 2 rings (SSSR count). The summed E-state index contributed by atoms with van der Waals surface area (Å²) in [6.07, 6.45) is 0. The zero-order valence-electron chi connectivity index (χ0n) is 8.28. The first-order valence-corrected chi connectivity index (χ1v) is 5.55. The normalized spacial score (nSPS) is 10.5. The van der Waals surface area contributed by atoms with E-state index < -0.39 is 11.6 Å². The minimum absolute atomic E-state index is 0.0626. The van der Waals surface area contributed by atoms with Gasteiger partial charge in [0.2, 0.25) is 11.8 Å². The van der Waals surface area contributed by atoms with E-state index in [0.717, 1.165) is 6.07 Å². The molecule has 0 unspecified atom stereocenters. The number of aromatic nitrogens is 2. The molecular formula is C10H6F2IN3O. The minimum Gasteiger partial charge on any atom is -0.492 e. The van der Waals surface area contributed by atoms with E-state index in [1.54, 1.807) is 22.6 Å². The number of nitrogen functional groups attached to an aromatic ring is 1. The predicted octanol–water partition coefficient (Wildman–Crippen LogP) is 2.31. The number of anilines is 1. The summed E-state index contributed by atoms with van der Waals surface area (Å²) in [4.78, 5) is 7.31. The van der Waals surface area contributed by atoms with Gasteiger partial charge in [-0.25, -0.2) is 13.8 Å². The molecule has 1 aromatic carbocycles. The van der Waals surface area contributed by atoms with Crippen molar-refractivity contribution in [3.05, 3.63) is 33.4 Å². The van der Waals surface area contributed by atoms with Crippen molar-refractivity contribution < 1.29 is 13.9 Å². The molecule has 0 fully saturated rings. The number of hydrogen-bond acceptors (Lipinski definition) is 4. The Bertz CT molecular complexity index is 592. The summed E-state index contributed by atoms with van der Waals surface area (Å²) < 4.78 is 26.9. The summed E-state index contributed by atoms with van der Waals surface area (Å²) in [5.74, 6) is -2.60. The number of nitrogens with two attached hydrogens (primary N) is 1. The zero-order chi connectivity index (χ0) is 12.6. The maximum atomic E-state index is 13.6. The molecule has 0 aliphatic heterocycles. The predicted molar refractivity (Wildman–Crippen MR) is 66.2 cm³/mol. The highest BCUT2D eigenvalue weighted by Gasteiger charge is 2.17. The Morgan fingerprint density at radius 3 is 2.65 bits per heavy atom. The van der Waals surface area contributed by atoms with Crippen LogP contribution in [0.5, 0.6) is 5.88 Å². The quantitative estimate of drug-likeness (QED) is 0.776. The lowest BCUT2D eigenvalue weighted by Crippen LogP contribution is -2.01. The second kappa shape index (κ2) is 4.40. The van der Waals surface area contributed by atoms with Crippen molar-refractivity contribution in [3.8, 4) is 17.1 Å². The highest BCUT2D eigenvalue weighted by Crippen LogP contribution is 2.31. The SMILES string of the molecule is Nc1nc(O)c(I)c(-c2cccc(F)c2F)n1. The fourth-order valence-corrected chi connectivity index (χ4v) is 1.85. The van der Waals surface area contributed by atoms with Crippen LogP contribution in [0.4, 0.5) is 14.7 Å². The lowest BCUT2D eigenvalue weighted by molar-refractivity contribution is 0.449. The molecule has 1 heterocycles. The van der Waals surface area contributed by atoms with Gasteiger partial charge < -0.3 is 10.8 Å². The van der Waals surface area contributed by atoms with E-state index in [2.05, 4.69) is 9.97 Å². The van der Waals surface area contributed by atoms with E-state index in [9.17, 15) is 13.9 Å². The molecule has 17 heavy (non-hydrogen) atoms. The van der Waals surface area contributed by atoms with Gasteiger partial charge in [-0.3, -0.25) is 0 Å². The molecule has 0 radical (unpaired) electrons. The van der Waals surface area contributed by atoms with Crippen LogP contribution in [0.1, 0.15) is 0 Å². The molecule has 4 nitrogen and oxygen atoms in total. The summed E-state index contributed by atoms with van der Waals surface area (Å²) >= 11 is 1.73. The second-order valence-electron chi connectivity index (χ2n) is 3.17. The van der Waals surface area contributed by atoms with E-state index in [1.807, 2.05) is 0 Å². The Morgan fingerprint density at radius 2 is 1.94 bits per heavy atom. The van der Waals surface area contributed by atoms with Gasteiger partial charge in [0.15, 0.2) is 11.6 Å². The highest BCUT2D eigenvalue weighted by atomic mass is 127. The molecular weight excluding hydrogens is 343 g/mol. The van der Waals surface area contributed by atoms with Crippen LogP contribution in [0, 0.1) is 15.2 Å². The van der Waals surface area contributed by atoms with Gasteiger partial charge in [0.05, 0.1) is 5.69 Å². The van der Waals surface area contributed by atoms with Crippen molar-refractivity contribution in [2.75, 3.05) is 5.73 Å². The fourth-order valence-electron chi connectivity index (χ4n) is 1.32. The van der Waals surface area contributed by atoms with Gasteiger partial charge in [-0.1, -0.05) is 6.07 Å². The van der Waals surface area contributed by atoms with Crippen molar-refractivity contribution >= 4 is 28.5 Å². The van der Waals surface area contributed by atoms with Crippen molar-refractivity contribution in [2.45, 2.75) is 0 Å². The molecule has 0 aliphatic rings. The summed E-state index contributed by atoms with van der Waals surface area (Å²) in [5.41, 5.74) is 5.34. The Morgan fingerprint density at radius 1 is 1.24 bits per heavy atom. The topological polar surface area (TPSA) is 72.0 Å². The molecule has 0 spiro atoms. The molecule has 0 amide bonds. The molecule has 2 aromatic rings. The number of hydrogen-bond donors (Lipinski definition) is 2. The van der Waals surface area contributed by atoms with Crippen LogP contribution < -0.4 is 5.73 Å². The summed E-state index contributed by atoms with van der Waals surface area (Å²) in [7, 11) is 0. The van der Waals surface area contributed by atoms with Gasteiger partial charge >= 0.3 is 0 Å². The average Bonchev–Trinajstić information content (AvgIpc) is 2.27. The van der Waals surface area contributed by atoms with Crippen LogP contribution in [0.2, 0.25) is 0 Å². The maximum absolute atomic E-state index is 13.6. The molecule has 1 aromatic heterocycles. The Kier molecular flexibility index (Phi) is 3.09. The average molecular weight is 349 g/mol. The third-order valence-electron chi connectivity index (χ3n) is 2.06. The first-order chi connectivity index (χ1) is 8.00. The molecule has 0 aliphatic carbocycles. The van der Waals surface area contributed by atoms with Gasteiger partial charge in [-0.05, 0) is 34.7 Å². The second-order valence-corrected chi connectivity index (χ2v) is 4.25. The van der Waals surface area contributed by atoms with Gasteiger partial charge in [0.25, 0.3) is 0 Å². The maximum Gasteiger partial charge on any atom is 0.230 e. The molecule has 3 N–H and O–H groups in total. The van der Waals surface area contributed by atoms with Crippen molar-refractivity contribution in [2.24, 2.45) is 0 Å². The van der Waals surface area contributed by atoms with Gasteiger partial charge in [0, 0.05) is 5.56 Å². The molecule has 0 atom stereocenters. The standard InChI is InChI=1S/C10H6F2IN3O/c11-5-3-1-2-4(6(5)12)8-7(13)9(17)16-10(14)15-8/h1-3H,(H3,14,15,16,17). The van der Waals surface area contributed by atoms with Crippen LogP contribution in [-0.4, -0.2) is 15.1 Å². The number of aromatic hydroxyl groups is 1. The van der Waals surface area contributed by atoms with E-state index in [4.69, 9.17) is 5.73 Å². The third-order valence-corrected chi connectivity index (χ3v) is 3.05. The lowest BCUT2D eigenvalue weighted by atomic mass is 10.1. The number of nitrogens with zero attached hydrogens (tertiary/aromatic N) is 2. The summed E-state index contributed by atoms with van der Waals surface area (Å²) in [6.45, 7) is 0. The largest absolute Gasteiger partial charge is 0.492 e.